The minimum absolute atomic E-state index is 0.351. The summed E-state index contributed by atoms with van der Waals surface area (Å²) in [6.07, 6.45) is 17.2. The lowest BCUT2D eigenvalue weighted by Crippen LogP contribution is -2.57. The van der Waals surface area contributed by atoms with E-state index in [0.717, 1.165) is 17.9 Å². The zero-order chi connectivity index (χ0) is 14.8. The minimum atomic E-state index is 0.351. The quantitative estimate of drug-likeness (QED) is 0.784. The second kappa shape index (κ2) is 6.58. The van der Waals surface area contributed by atoms with Gasteiger partial charge in [-0.25, -0.2) is 0 Å². The Bertz CT molecular complexity index is 324. The maximum absolute atomic E-state index is 6.33. The third-order valence-electron chi connectivity index (χ3n) is 7.39. The molecule has 2 saturated carbocycles. The molecule has 0 bridgehead atoms. The molecule has 2 unspecified atom stereocenters. The fraction of sp³-hybridized carbons (Fsp3) is 1.00. The summed E-state index contributed by atoms with van der Waals surface area (Å²) in [6, 6.07) is 0. The summed E-state index contributed by atoms with van der Waals surface area (Å²) in [5, 5.41) is 0. The summed E-state index contributed by atoms with van der Waals surface area (Å²) in [6.45, 7) is 5.91. The molecular weight excluding hydrogens is 256 g/mol. The first-order valence-corrected chi connectivity index (χ1v) is 9.67. The number of hydrogen-bond acceptors (Lipinski definition) is 2. The van der Waals surface area contributed by atoms with Crippen molar-refractivity contribution in [1.82, 2.24) is 4.90 Å². The van der Waals surface area contributed by atoms with Gasteiger partial charge in [0.05, 0.1) is 0 Å². The van der Waals surface area contributed by atoms with Gasteiger partial charge in [-0.2, -0.15) is 0 Å². The molecule has 2 aliphatic carbocycles. The van der Waals surface area contributed by atoms with Crippen molar-refractivity contribution in [2.75, 3.05) is 19.6 Å². The predicted octanol–water partition coefficient (Wildman–Crippen LogP) is 4.33. The molecule has 1 aliphatic heterocycles. The van der Waals surface area contributed by atoms with Crippen molar-refractivity contribution in [3.8, 4) is 0 Å². The Morgan fingerprint density at radius 3 is 2.24 bits per heavy atom. The fourth-order valence-corrected chi connectivity index (χ4v) is 5.60. The molecule has 3 rings (SSSR count). The van der Waals surface area contributed by atoms with Crippen LogP contribution in [0.3, 0.4) is 0 Å². The van der Waals surface area contributed by atoms with E-state index in [1.165, 1.54) is 90.1 Å². The zero-order valence-electron chi connectivity index (χ0n) is 14.2. The van der Waals surface area contributed by atoms with Gasteiger partial charge < -0.3 is 5.73 Å². The lowest BCUT2D eigenvalue weighted by molar-refractivity contribution is 0.0125. The Hall–Kier alpha value is -0.0800. The highest BCUT2D eigenvalue weighted by molar-refractivity contribution is 4.99. The van der Waals surface area contributed by atoms with Crippen molar-refractivity contribution >= 4 is 0 Å². The van der Waals surface area contributed by atoms with Crippen LogP contribution in [-0.2, 0) is 0 Å². The van der Waals surface area contributed by atoms with Gasteiger partial charge in [-0.3, -0.25) is 4.90 Å². The van der Waals surface area contributed by atoms with Crippen LogP contribution in [0.5, 0.6) is 0 Å². The normalized spacial score (nSPS) is 37.7. The molecule has 2 atom stereocenters. The van der Waals surface area contributed by atoms with Crippen LogP contribution < -0.4 is 5.73 Å². The first-order chi connectivity index (χ1) is 10.2. The highest BCUT2D eigenvalue weighted by atomic mass is 15.2. The molecule has 2 N–H and O–H groups in total. The summed E-state index contributed by atoms with van der Waals surface area (Å²) in [7, 11) is 0. The average Bonchev–Trinajstić information content (AvgIpc) is 2.86. The van der Waals surface area contributed by atoms with E-state index in [-0.39, 0.29) is 0 Å². The number of rotatable bonds is 3. The second-order valence-corrected chi connectivity index (χ2v) is 8.33. The van der Waals surface area contributed by atoms with E-state index in [9.17, 15) is 0 Å². The van der Waals surface area contributed by atoms with Crippen molar-refractivity contribution in [1.29, 1.82) is 0 Å². The monoisotopic (exact) mass is 292 g/mol. The number of hydrogen-bond donors (Lipinski definition) is 1. The number of piperidine rings is 1. The van der Waals surface area contributed by atoms with E-state index >= 15 is 0 Å². The second-order valence-electron chi connectivity index (χ2n) is 8.33. The topological polar surface area (TPSA) is 29.3 Å². The van der Waals surface area contributed by atoms with E-state index in [1.54, 1.807) is 0 Å². The average molecular weight is 293 g/mol. The van der Waals surface area contributed by atoms with E-state index in [4.69, 9.17) is 5.73 Å². The van der Waals surface area contributed by atoms with E-state index in [2.05, 4.69) is 11.8 Å². The molecule has 0 aromatic heterocycles. The van der Waals surface area contributed by atoms with Gasteiger partial charge >= 0.3 is 0 Å². The third-order valence-corrected chi connectivity index (χ3v) is 7.39. The van der Waals surface area contributed by atoms with Gasteiger partial charge in [-0.15, -0.1) is 0 Å². The van der Waals surface area contributed by atoms with Crippen LogP contribution in [-0.4, -0.2) is 30.1 Å². The molecule has 0 aromatic carbocycles. The molecule has 3 aliphatic rings. The van der Waals surface area contributed by atoms with Crippen LogP contribution in [0.4, 0.5) is 0 Å². The number of likely N-dealkylation sites (tertiary alicyclic amines) is 1. The smallest absolute Gasteiger partial charge is 0.0331 e. The van der Waals surface area contributed by atoms with Crippen molar-refractivity contribution in [3.63, 3.8) is 0 Å². The molecule has 2 nitrogen and oxygen atoms in total. The molecule has 1 spiro atoms. The van der Waals surface area contributed by atoms with Gasteiger partial charge in [-0.1, -0.05) is 39.0 Å². The molecule has 1 heterocycles. The van der Waals surface area contributed by atoms with E-state index < -0.39 is 0 Å². The number of nitrogens with two attached hydrogens (primary N) is 1. The summed E-state index contributed by atoms with van der Waals surface area (Å²) in [5.74, 6) is 0.962. The van der Waals surface area contributed by atoms with Gasteiger partial charge in [0, 0.05) is 12.1 Å². The molecule has 0 aromatic rings. The molecule has 122 valence electrons. The molecule has 2 heteroatoms. The summed E-state index contributed by atoms with van der Waals surface area (Å²) in [4.78, 5) is 2.83. The van der Waals surface area contributed by atoms with Crippen LogP contribution in [0, 0.1) is 11.3 Å². The van der Waals surface area contributed by atoms with Crippen molar-refractivity contribution < 1.29 is 0 Å². The van der Waals surface area contributed by atoms with Crippen LogP contribution in [0.1, 0.15) is 84.0 Å². The SMILES string of the molecule is CCC1CCCC(CN)(N2CCC3(CCCC3)CC2)CC1. The Morgan fingerprint density at radius 1 is 0.905 bits per heavy atom. The van der Waals surface area contributed by atoms with Crippen LogP contribution in [0.15, 0.2) is 0 Å². The first kappa shape index (κ1) is 15.8. The third kappa shape index (κ3) is 3.17. The minimum Gasteiger partial charge on any atom is -0.329 e. The number of nitrogens with zero attached hydrogens (tertiary/aromatic N) is 1. The van der Waals surface area contributed by atoms with Gasteiger partial charge in [0.1, 0.15) is 0 Å². The lowest BCUT2D eigenvalue weighted by Gasteiger charge is -2.49. The van der Waals surface area contributed by atoms with Crippen molar-refractivity contribution in [3.05, 3.63) is 0 Å². The molecule has 0 radical (unpaired) electrons. The molecule has 3 fully saturated rings. The van der Waals surface area contributed by atoms with Crippen LogP contribution in [0.2, 0.25) is 0 Å². The van der Waals surface area contributed by atoms with Crippen molar-refractivity contribution in [2.45, 2.75) is 89.5 Å². The summed E-state index contributed by atoms with van der Waals surface area (Å²) < 4.78 is 0. The van der Waals surface area contributed by atoms with Gasteiger partial charge in [0.2, 0.25) is 0 Å². The highest BCUT2D eigenvalue weighted by Gasteiger charge is 2.43. The summed E-state index contributed by atoms with van der Waals surface area (Å²) >= 11 is 0. The van der Waals surface area contributed by atoms with Gasteiger partial charge in [-0.05, 0) is 69.4 Å². The van der Waals surface area contributed by atoms with E-state index in [0.29, 0.717) is 5.54 Å². The van der Waals surface area contributed by atoms with Crippen LogP contribution >= 0.6 is 0 Å². The van der Waals surface area contributed by atoms with Gasteiger partial charge in [0.25, 0.3) is 0 Å². The molecular formula is C19H36N2. The Morgan fingerprint density at radius 2 is 1.62 bits per heavy atom. The maximum atomic E-state index is 6.33. The first-order valence-electron chi connectivity index (χ1n) is 9.67. The standard InChI is InChI=1S/C19H36N2/c1-2-17-6-5-10-19(16-20,11-7-17)21-14-12-18(13-15-21)8-3-4-9-18/h17H,2-16,20H2,1H3. The van der Waals surface area contributed by atoms with Crippen molar-refractivity contribution in [2.24, 2.45) is 17.1 Å². The Labute approximate surface area is 131 Å². The lowest BCUT2D eigenvalue weighted by atomic mass is 9.75. The van der Waals surface area contributed by atoms with E-state index in [1.807, 2.05) is 0 Å². The zero-order valence-corrected chi connectivity index (χ0v) is 14.2. The molecule has 1 saturated heterocycles. The largest absolute Gasteiger partial charge is 0.329 e. The highest BCUT2D eigenvalue weighted by Crippen LogP contribution is 2.48. The maximum Gasteiger partial charge on any atom is 0.0331 e. The van der Waals surface area contributed by atoms with Crippen LogP contribution in [0.25, 0.3) is 0 Å². The predicted molar refractivity (Wildman–Crippen MR) is 90.4 cm³/mol. The summed E-state index contributed by atoms with van der Waals surface area (Å²) in [5.41, 5.74) is 7.42. The Kier molecular flexibility index (Phi) is 4.95. The molecule has 0 amide bonds. The van der Waals surface area contributed by atoms with Gasteiger partial charge in [0.15, 0.2) is 0 Å². The molecule has 21 heavy (non-hydrogen) atoms. The Balaban J connectivity index is 1.63. The fourth-order valence-electron chi connectivity index (χ4n) is 5.60.